The number of nitrogens with zero attached hydrogens (tertiary/aromatic N) is 2. The van der Waals surface area contributed by atoms with E-state index in [1.165, 1.54) is 23.4 Å². The summed E-state index contributed by atoms with van der Waals surface area (Å²) in [6.07, 6.45) is 1.54. The number of rotatable bonds is 8. The number of anilines is 1. The van der Waals surface area contributed by atoms with Crippen LogP contribution in [0, 0.1) is 0 Å². The Bertz CT molecular complexity index is 1180. The minimum Gasteiger partial charge on any atom is -0.497 e. The number of amides is 1. The molecule has 0 fully saturated rings. The molecule has 8 nitrogen and oxygen atoms in total. The Morgan fingerprint density at radius 2 is 1.80 bits per heavy atom. The summed E-state index contributed by atoms with van der Waals surface area (Å²) in [6, 6.07) is 11.8. The molecule has 3 rings (SSSR count). The molecule has 30 heavy (non-hydrogen) atoms. The number of aromatic nitrogens is 2. The largest absolute Gasteiger partial charge is 0.497 e. The molecule has 0 saturated carbocycles. The average molecular weight is 411 g/mol. The van der Waals surface area contributed by atoms with Crippen molar-refractivity contribution in [2.75, 3.05) is 19.5 Å². The monoisotopic (exact) mass is 411 g/mol. The third-order valence-corrected chi connectivity index (χ3v) is 4.85. The highest BCUT2D eigenvalue weighted by Crippen LogP contribution is 2.29. The van der Waals surface area contributed by atoms with Crippen molar-refractivity contribution in [1.29, 1.82) is 0 Å². The van der Waals surface area contributed by atoms with Crippen molar-refractivity contribution in [2.45, 2.75) is 32.9 Å². The fourth-order valence-electron chi connectivity index (χ4n) is 3.27. The van der Waals surface area contributed by atoms with Crippen molar-refractivity contribution in [3.05, 3.63) is 63.3 Å². The minimum atomic E-state index is -0.496. The highest BCUT2D eigenvalue weighted by molar-refractivity contribution is 5.93. The number of fused-ring (bicyclic) bond motifs is 1. The molecular formula is C22H25N3O5. The summed E-state index contributed by atoms with van der Waals surface area (Å²) in [5.41, 5.74) is 0.0542. The van der Waals surface area contributed by atoms with Crippen LogP contribution in [0.3, 0.4) is 0 Å². The van der Waals surface area contributed by atoms with E-state index in [1.54, 1.807) is 42.5 Å². The van der Waals surface area contributed by atoms with Crippen LogP contribution >= 0.6 is 0 Å². The summed E-state index contributed by atoms with van der Waals surface area (Å²) >= 11 is 0. The number of nitrogens with one attached hydrogen (secondary N) is 1. The molecule has 1 heterocycles. The van der Waals surface area contributed by atoms with Gasteiger partial charge in [-0.15, -0.1) is 0 Å². The molecule has 1 N–H and O–H groups in total. The van der Waals surface area contributed by atoms with Crippen molar-refractivity contribution in [1.82, 2.24) is 9.13 Å². The lowest BCUT2D eigenvalue weighted by molar-refractivity contribution is -0.116. The maximum atomic E-state index is 13.0. The lowest BCUT2D eigenvalue weighted by atomic mass is 10.2. The van der Waals surface area contributed by atoms with Crippen LogP contribution in [0.25, 0.3) is 10.9 Å². The van der Waals surface area contributed by atoms with Crippen LogP contribution in [0.15, 0.2) is 52.1 Å². The van der Waals surface area contributed by atoms with E-state index in [9.17, 15) is 14.4 Å². The predicted molar refractivity (Wildman–Crippen MR) is 116 cm³/mol. The molecule has 8 heteroatoms. The van der Waals surface area contributed by atoms with Crippen molar-refractivity contribution < 1.29 is 14.3 Å². The zero-order valence-electron chi connectivity index (χ0n) is 17.3. The Labute approximate surface area is 173 Å². The van der Waals surface area contributed by atoms with Gasteiger partial charge in [-0.2, -0.15) is 0 Å². The normalized spacial score (nSPS) is 10.8. The van der Waals surface area contributed by atoms with Crippen molar-refractivity contribution in [2.24, 2.45) is 0 Å². The molecule has 2 aromatic carbocycles. The predicted octanol–water partition coefficient (Wildman–Crippen LogP) is 2.62. The zero-order valence-corrected chi connectivity index (χ0v) is 17.3. The summed E-state index contributed by atoms with van der Waals surface area (Å²) in [5.74, 6) is 0.620. The van der Waals surface area contributed by atoms with Gasteiger partial charge in [-0.25, -0.2) is 4.79 Å². The fraction of sp³-hybridized carbons (Fsp3) is 0.318. The van der Waals surface area contributed by atoms with Crippen LogP contribution in [-0.4, -0.2) is 29.3 Å². The maximum absolute atomic E-state index is 13.0. The topological polar surface area (TPSA) is 91.6 Å². The lowest BCUT2D eigenvalue weighted by Crippen LogP contribution is -2.41. The van der Waals surface area contributed by atoms with E-state index < -0.39 is 11.6 Å². The summed E-state index contributed by atoms with van der Waals surface area (Å²) in [7, 11) is 3.03. The summed E-state index contributed by atoms with van der Waals surface area (Å²) in [4.78, 5) is 38.5. The second-order valence-electron chi connectivity index (χ2n) is 6.81. The highest BCUT2D eigenvalue weighted by atomic mass is 16.5. The molecule has 0 spiro atoms. The molecule has 0 bridgehead atoms. The molecular weight excluding hydrogens is 386 g/mol. The third kappa shape index (κ3) is 4.22. The molecule has 1 amide bonds. The molecule has 0 unspecified atom stereocenters. The van der Waals surface area contributed by atoms with Crippen LogP contribution in [0.4, 0.5) is 5.69 Å². The first-order valence-electron chi connectivity index (χ1n) is 9.74. The van der Waals surface area contributed by atoms with E-state index in [1.807, 2.05) is 6.92 Å². The maximum Gasteiger partial charge on any atom is 0.331 e. The summed E-state index contributed by atoms with van der Waals surface area (Å²) in [5, 5.41) is 3.17. The number of carbonyl (C=O) groups excluding carboxylic acids is 1. The number of ether oxygens (including phenoxy) is 2. The Kier molecular flexibility index (Phi) is 6.56. The molecule has 0 aliphatic rings. The number of carbonyl (C=O) groups is 1. The van der Waals surface area contributed by atoms with E-state index in [2.05, 4.69) is 5.32 Å². The summed E-state index contributed by atoms with van der Waals surface area (Å²) in [6.45, 7) is 2.06. The van der Waals surface area contributed by atoms with Gasteiger partial charge < -0.3 is 14.8 Å². The van der Waals surface area contributed by atoms with Crippen LogP contribution < -0.4 is 26.0 Å². The van der Waals surface area contributed by atoms with Gasteiger partial charge in [-0.1, -0.05) is 25.5 Å². The van der Waals surface area contributed by atoms with Gasteiger partial charge in [0.15, 0.2) is 0 Å². The first kappa shape index (κ1) is 21.2. The quantitative estimate of drug-likeness (QED) is 0.615. The molecule has 0 radical (unpaired) electrons. The molecule has 0 aliphatic carbocycles. The van der Waals surface area contributed by atoms with Crippen LogP contribution in [0.1, 0.15) is 19.8 Å². The van der Waals surface area contributed by atoms with Crippen LogP contribution in [0.5, 0.6) is 11.5 Å². The van der Waals surface area contributed by atoms with E-state index in [-0.39, 0.29) is 12.1 Å². The van der Waals surface area contributed by atoms with Crippen LogP contribution in [-0.2, 0) is 17.9 Å². The number of para-hydroxylation sites is 1. The van der Waals surface area contributed by atoms with Gasteiger partial charge in [-0.05, 0) is 30.7 Å². The van der Waals surface area contributed by atoms with Gasteiger partial charge in [0.05, 0.1) is 30.8 Å². The van der Waals surface area contributed by atoms with E-state index in [4.69, 9.17) is 9.47 Å². The third-order valence-electron chi connectivity index (χ3n) is 4.85. The molecule has 158 valence electrons. The van der Waals surface area contributed by atoms with Crippen molar-refractivity contribution in [3.63, 3.8) is 0 Å². The van der Waals surface area contributed by atoms with Crippen LogP contribution in [0.2, 0.25) is 0 Å². The fourth-order valence-corrected chi connectivity index (χ4v) is 3.27. The molecule has 1 aromatic heterocycles. The van der Waals surface area contributed by atoms with Gasteiger partial charge in [0.2, 0.25) is 5.91 Å². The molecule has 0 atom stereocenters. The van der Waals surface area contributed by atoms with Gasteiger partial charge in [0, 0.05) is 12.6 Å². The van der Waals surface area contributed by atoms with Gasteiger partial charge in [0.1, 0.15) is 18.0 Å². The van der Waals surface area contributed by atoms with Crippen molar-refractivity contribution in [3.8, 4) is 11.5 Å². The Morgan fingerprint density at radius 1 is 1.03 bits per heavy atom. The number of hydrogen-bond donors (Lipinski definition) is 1. The minimum absolute atomic E-state index is 0.235. The second kappa shape index (κ2) is 9.30. The van der Waals surface area contributed by atoms with Gasteiger partial charge in [-0.3, -0.25) is 18.7 Å². The number of hydrogen-bond acceptors (Lipinski definition) is 5. The highest BCUT2D eigenvalue weighted by Gasteiger charge is 2.16. The van der Waals surface area contributed by atoms with E-state index >= 15 is 0 Å². The molecule has 0 aliphatic heterocycles. The van der Waals surface area contributed by atoms with Gasteiger partial charge in [0.25, 0.3) is 5.56 Å². The lowest BCUT2D eigenvalue weighted by Gasteiger charge is -2.15. The number of methoxy groups -OCH3 is 2. The average Bonchev–Trinajstić information content (AvgIpc) is 2.77. The zero-order chi connectivity index (χ0) is 21.7. The molecule has 0 saturated heterocycles. The first-order valence-corrected chi connectivity index (χ1v) is 9.74. The smallest absolute Gasteiger partial charge is 0.331 e. The number of unbranched alkanes of at least 4 members (excludes halogenated alkanes) is 1. The number of benzene rings is 2. The van der Waals surface area contributed by atoms with Crippen molar-refractivity contribution >= 4 is 22.5 Å². The Balaban J connectivity index is 1.98. The standard InChI is InChI=1S/C22H25N3O5/c1-4-5-12-24-21(27)16-8-6-7-9-18(16)25(22(24)28)14-20(26)23-17-11-10-15(29-2)13-19(17)30-3/h6-11,13H,4-5,12,14H2,1-3H3,(H,23,26). The SMILES string of the molecule is CCCCn1c(=O)c2ccccc2n(CC(=O)Nc2ccc(OC)cc2OC)c1=O. The van der Waals surface area contributed by atoms with E-state index in [0.717, 1.165) is 6.42 Å². The molecule has 3 aromatic rings. The first-order chi connectivity index (χ1) is 14.5. The Hall–Kier alpha value is -3.55. The van der Waals surface area contributed by atoms with Gasteiger partial charge >= 0.3 is 5.69 Å². The second-order valence-corrected chi connectivity index (χ2v) is 6.81. The Morgan fingerprint density at radius 3 is 2.50 bits per heavy atom. The summed E-state index contributed by atoms with van der Waals surface area (Å²) < 4.78 is 13.0. The van der Waals surface area contributed by atoms with E-state index in [0.29, 0.717) is 41.1 Å².